The highest BCUT2D eigenvalue weighted by molar-refractivity contribution is 5.97. The van der Waals surface area contributed by atoms with Crippen molar-refractivity contribution in [2.45, 2.75) is 6.42 Å². The van der Waals surface area contributed by atoms with E-state index in [1.165, 1.54) is 4.57 Å². The quantitative estimate of drug-likeness (QED) is 0.746. The van der Waals surface area contributed by atoms with Gasteiger partial charge in [0.1, 0.15) is 0 Å². The van der Waals surface area contributed by atoms with Crippen molar-refractivity contribution in [1.82, 2.24) is 19.4 Å². The summed E-state index contributed by atoms with van der Waals surface area (Å²) in [6.45, 7) is 2.00. The molecule has 1 aliphatic rings. The van der Waals surface area contributed by atoms with E-state index in [0.29, 0.717) is 49.3 Å². The molecule has 3 heterocycles. The SMILES string of the molecule is Cn1c(=O)oc2ccc(C(=O)N3CCN(C(=O)Cc4cc[nH]c4)CC3)cc21. The van der Waals surface area contributed by atoms with Gasteiger partial charge in [-0.2, -0.15) is 0 Å². The average molecular weight is 368 g/mol. The van der Waals surface area contributed by atoms with Crippen LogP contribution in [0, 0.1) is 0 Å². The van der Waals surface area contributed by atoms with Crippen molar-refractivity contribution in [2.75, 3.05) is 26.2 Å². The molecule has 0 radical (unpaired) electrons. The first-order chi connectivity index (χ1) is 13.0. The number of aromatic amines is 1. The maximum Gasteiger partial charge on any atom is 0.419 e. The zero-order valence-electron chi connectivity index (χ0n) is 15.0. The molecule has 1 N–H and O–H groups in total. The first-order valence-electron chi connectivity index (χ1n) is 8.81. The van der Waals surface area contributed by atoms with E-state index < -0.39 is 5.76 Å². The van der Waals surface area contributed by atoms with Crippen LogP contribution in [0.2, 0.25) is 0 Å². The Bertz CT molecular complexity index is 1040. The zero-order chi connectivity index (χ0) is 19.0. The van der Waals surface area contributed by atoms with E-state index in [4.69, 9.17) is 4.42 Å². The summed E-state index contributed by atoms with van der Waals surface area (Å²) in [6.07, 6.45) is 3.98. The molecule has 0 bridgehead atoms. The van der Waals surface area contributed by atoms with Gasteiger partial charge in [0.2, 0.25) is 5.91 Å². The number of H-pyrrole nitrogens is 1. The van der Waals surface area contributed by atoms with E-state index >= 15 is 0 Å². The Hall–Kier alpha value is -3.29. The average Bonchev–Trinajstić information content (AvgIpc) is 3.29. The summed E-state index contributed by atoms with van der Waals surface area (Å²) in [5.41, 5.74) is 2.51. The second-order valence-corrected chi connectivity index (χ2v) is 6.68. The molecule has 0 aliphatic carbocycles. The standard InChI is InChI=1S/C19H20N4O4/c1-21-15-11-14(2-3-16(15)27-19(21)26)18(25)23-8-6-22(7-9-23)17(24)10-13-4-5-20-12-13/h2-5,11-12,20H,6-10H2,1H3. The Morgan fingerprint density at radius 3 is 2.56 bits per heavy atom. The Balaban J connectivity index is 1.42. The molecule has 0 saturated carbocycles. The third kappa shape index (κ3) is 3.25. The Kier molecular flexibility index (Phi) is 4.31. The number of hydrogen-bond donors (Lipinski definition) is 1. The molecule has 0 unspecified atom stereocenters. The maximum atomic E-state index is 12.8. The summed E-state index contributed by atoms with van der Waals surface area (Å²) in [5.74, 6) is -0.496. The second kappa shape index (κ2) is 6.79. The van der Waals surface area contributed by atoms with Gasteiger partial charge in [-0.05, 0) is 29.8 Å². The van der Waals surface area contributed by atoms with Crippen LogP contribution in [0.3, 0.4) is 0 Å². The normalized spacial score (nSPS) is 14.7. The van der Waals surface area contributed by atoms with Crippen molar-refractivity contribution in [2.24, 2.45) is 7.05 Å². The summed E-state index contributed by atoms with van der Waals surface area (Å²) in [5, 5.41) is 0. The highest BCUT2D eigenvalue weighted by Gasteiger charge is 2.25. The maximum absolute atomic E-state index is 12.8. The zero-order valence-corrected chi connectivity index (χ0v) is 15.0. The van der Waals surface area contributed by atoms with Crippen molar-refractivity contribution in [3.63, 3.8) is 0 Å². The lowest BCUT2D eigenvalue weighted by Crippen LogP contribution is -2.51. The lowest BCUT2D eigenvalue weighted by molar-refractivity contribution is -0.131. The van der Waals surface area contributed by atoms with Gasteiger partial charge in [0.05, 0.1) is 11.9 Å². The molecular formula is C19H20N4O4. The number of carbonyl (C=O) groups is 2. The molecule has 2 amide bonds. The molecule has 140 valence electrons. The number of fused-ring (bicyclic) bond motifs is 1. The molecule has 1 fully saturated rings. The minimum atomic E-state index is -0.454. The van der Waals surface area contributed by atoms with E-state index in [2.05, 4.69) is 4.98 Å². The van der Waals surface area contributed by atoms with Gasteiger partial charge < -0.3 is 19.2 Å². The monoisotopic (exact) mass is 368 g/mol. The third-order valence-electron chi connectivity index (χ3n) is 4.98. The van der Waals surface area contributed by atoms with Crippen LogP contribution >= 0.6 is 0 Å². The predicted molar refractivity (Wildman–Crippen MR) is 98.4 cm³/mol. The Labute approximate surface area is 155 Å². The number of hydrogen-bond acceptors (Lipinski definition) is 4. The van der Waals surface area contributed by atoms with Crippen molar-refractivity contribution in [3.05, 3.63) is 58.3 Å². The van der Waals surface area contributed by atoms with Crippen molar-refractivity contribution in [3.8, 4) is 0 Å². The van der Waals surface area contributed by atoms with Crippen LogP contribution in [-0.2, 0) is 18.3 Å². The summed E-state index contributed by atoms with van der Waals surface area (Å²) in [7, 11) is 1.61. The smallest absolute Gasteiger partial charge is 0.408 e. The van der Waals surface area contributed by atoms with Gasteiger partial charge in [-0.25, -0.2) is 4.79 Å². The van der Waals surface area contributed by atoms with Crippen LogP contribution in [0.25, 0.3) is 11.1 Å². The fourth-order valence-electron chi connectivity index (χ4n) is 3.36. The predicted octanol–water partition coefficient (Wildman–Crippen LogP) is 0.987. The first kappa shape index (κ1) is 17.1. The lowest BCUT2D eigenvalue weighted by atomic mass is 10.1. The lowest BCUT2D eigenvalue weighted by Gasteiger charge is -2.34. The second-order valence-electron chi connectivity index (χ2n) is 6.68. The molecule has 2 aromatic heterocycles. The largest absolute Gasteiger partial charge is 0.419 e. The van der Waals surface area contributed by atoms with E-state index in [-0.39, 0.29) is 11.8 Å². The van der Waals surface area contributed by atoms with E-state index in [9.17, 15) is 14.4 Å². The molecule has 8 heteroatoms. The molecule has 8 nitrogen and oxygen atoms in total. The van der Waals surface area contributed by atoms with E-state index in [1.807, 2.05) is 12.3 Å². The van der Waals surface area contributed by atoms with Gasteiger partial charge in [0.25, 0.3) is 5.91 Å². The number of carbonyl (C=O) groups excluding carboxylic acids is 2. The van der Waals surface area contributed by atoms with Crippen LogP contribution in [0.1, 0.15) is 15.9 Å². The molecule has 1 aromatic carbocycles. The number of oxazole rings is 1. The van der Waals surface area contributed by atoms with E-state index in [1.54, 1.807) is 41.2 Å². The Morgan fingerprint density at radius 1 is 1.11 bits per heavy atom. The van der Waals surface area contributed by atoms with Crippen molar-refractivity contribution in [1.29, 1.82) is 0 Å². The van der Waals surface area contributed by atoms with Crippen LogP contribution in [-0.4, -0.2) is 57.3 Å². The molecule has 4 rings (SSSR count). The van der Waals surface area contributed by atoms with Gasteiger partial charge in [-0.3, -0.25) is 14.2 Å². The van der Waals surface area contributed by atoms with Crippen LogP contribution in [0.5, 0.6) is 0 Å². The number of aromatic nitrogens is 2. The highest BCUT2D eigenvalue weighted by Crippen LogP contribution is 2.17. The summed E-state index contributed by atoms with van der Waals surface area (Å²) in [6, 6.07) is 6.86. The van der Waals surface area contributed by atoms with Crippen LogP contribution in [0.15, 0.2) is 45.9 Å². The fraction of sp³-hybridized carbons (Fsp3) is 0.316. The molecule has 3 aromatic rings. The molecule has 0 spiro atoms. The van der Waals surface area contributed by atoms with Gasteiger partial charge in [0, 0.05) is 51.2 Å². The van der Waals surface area contributed by atoms with Gasteiger partial charge in [0.15, 0.2) is 5.58 Å². The molecule has 0 atom stereocenters. The summed E-state index contributed by atoms with van der Waals surface area (Å²) in [4.78, 5) is 43.2. The minimum absolute atomic E-state index is 0.0662. The number of aryl methyl sites for hydroxylation is 1. The number of rotatable bonds is 3. The van der Waals surface area contributed by atoms with Gasteiger partial charge >= 0.3 is 5.76 Å². The van der Waals surface area contributed by atoms with E-state index in [0.717, 1.165) is 5.56 Å². The molecular weight excluding hydrogens is 348 g/mol. The molecule has 1 saturated heterocycles. The fourth-order valence-corrected chi connectivity index (χ4v) is 3.36. The first-order valence-corrected chi connectivity index (χ1v) is 8.81. The summed E-state index contributed by atoms with van der Waals surface area (Å²) >= 11 is 0. The minimum Gasteiger partial charge on any atom is -0.408 e. The topological polar surface area (TPSA) is 91.6 Å². The number of benzene rings is 1. The Morgan fingerprint density at radius 2 is 1.85 bits per heavy atom. The van der Waals surface area contributed by atoms with Crippen molar-refractivity contribution >= 4 is 22.9 Å². The van der Waals surface area contributed by atoms with Crippen molar-refractivity contribution < 1.29 is 14.0 Å². The summed E-state index contributed by atoms with van der Waals surface area (Å²) < 4.78 is 6.48. The molecule has 27 heavy (non-hydrogen) atoms. The van der Waals surface area contributed by atoms with Crippen LogP contribution in [0.4, 0.5) is 0 Å². The number of piperazine rings is 1. The third-order valence-corrected chi connectivity index (χ3v) is 4.98. The number of nitrogens with one attached hydrogen (secondary N) is 1. The van der Waals surface area contributed by atoms with Gasteiger partial charge in [-0.15, -0.1) is 0 Å². The van der Waals surface area contributed by atoms with Crippen LogP contribution < -0.4 is 5.76 Å². The molecule has 1 aliphatic heterocycles. The van der Waals surface area contributed by atoms with Gasteiger partial charge in [-0.1, -0.05) is 0 Å². The number of amides is 2. The number of nitrogens with zero attached hydrogens (tertiary/aromatic N) is 3. The highest BCUT2D eigenvalue weighted by atomic mass is 16.4.